The number of nitrogens with two attached hydrogens (primary N) is 1. The van der Waals surface area contributed by atoms with Crippen LogP contribution >= 0.6 is 0 Å². The molecule has 0 spiro atoms. The molecule has 0 heterocycles. The average molecular weight is 270 g/mol. The van der Waals surface area contributed by atoms with Gasteiger partial charge in [-0.25, -0.2) is 0 Å². The molecule has 0 atom stereocenters. The van der Waals surface area contributed by atoms with Crippen LogP contribution in [0.4, 0.5) is 8.78 Å². The summed E-state index contributed by atoms with van der Waals surface area (Å²) in [5.41, 5.74) is 5.35. The first-order chi connectivity index (χ1) is 8.83. The molecule has 0 fully saturated rings. The molecule has 0 aliphatic carbocycles. The summed E-state index contributed by atoms with van der Waals surface area (Å²) in [5.74, 6) is -2.86. The molecule has 0 saturated heterocycles. The second-order valence-corrected chi connectivity index (χ2v) is 5.51. The normalized spacial score (nSPS) is 13.0. The number of nitrogens with zero attached hydrogens (tertiary/aromatic N) is 1. The van der Waals surface area contributed by atoms with Gasteiger partial charge in [0.15, 0.2) is 0 Å². The first kappa shape index (κ1) is 16.1. The monoisotopic (exact) mass is 270 g/mol. The molecule has 2 nitrogen and oxygen atoms in total. The molecule has 19 heavy (non-hydrogen) atoms. The summed E-state index contributed by atoms with van der Waals surface area (Å²) in [5, 5.41) is 0. The van der Waals surface area contributed by atoms with Gasteiger partial charge in [-0.05, 0) is 26.8 Å². The Balaban J connectivity index is 2.89. The Labute approximate surface area is 114 Å². The maximum absolute atomic E-state index is 14.3. The van der Waals surface area contributed by atoms with Crippen molar-refractivity contribution in [1.29, 1.82) is 0 Å². The van der Waals surface area contributed by atoms with Crippen LogP contribution in [0.25, 0.3) is 0 Å². The molecule has 1 rings (SSSR count). The molecule has 0 unspecified atom stereocenters. The third kappa shape index (κ3) is 4.25. The number of halogens is 2. The van der Waals surface area contributed by atoms with Gasteiger partial charge in [0.25, 0.3) is 5.92 Å². The first-order valence-corrected chi connectivity index (χ1v) is 6.72. The van der Waals surface area contributed by atoms with Crippen molar-refractivity contribution in [2.24, 2.45) is 5.73 Å². The molecule has 0 aromatic heterocycles. The minimum atomic E-state index is -2.86. The average Bonchev–Trinajstić information content (AvgIpc) is 2.39. The van der Waals surface area contributed by atoms with Gasteiger partial charge in [0.1, 0.15) is 0 Å². The van der Waals surface area contributed by atoms with Gasteiger partial charge in [-0.1, -0.05) is 37.3 Å². The van der Waals surface area contributed by atoms with Crippen LogP contribution in [0.15, 0.2) is 30.3 Å². The van der Waals surface area contributed by atoms with E-state index >= 15 is 0 Å². The molecular weight excluding hydrogens is 246 g/mol. The van der Waals surface area contributed by atoms with Crippen molar-refractivity contribution in [2.75, 3.05) is 19.6 Å². The minimum absolute atomic E-state index is 0.0592. The Morgan fingerprint density at radius 3 is 2.21 bits per heavy atom. The lowest BCUT2D eigenvalue weighted by molar-refractivity contribution is -0.0605. The SMILES string of the molecule is CCCN(CC(F)(F)c1ccccc1)C(C)(C)CN. The highest BCUT2D eigenvalue weighted by Crippen LogP contribution is 2.31. The topological polar surface area (TPSA) is 29.3 Å². The van der Waals surface area contributed by atoms with Gasteiger partial charge in [0.05, 0.1) is 6.54 Å². The molecule has 0 saturated carbocycles. The van der Waals surface area contributed by atoms with Crippen LogP contribution in [0.3, 0.4) is 0 Å². The predicted octanol–water partition coefficient (Wildman–Crippen LogP) is 3.23. The molecular formula is C15H24F2N2. The minimum Gasteiger partial charge on any atom is -0.329 e. The highest BCUT2D eigenvalue weighted by molar-refractivity contribution is 5.20. The van der Waals surface area contributed by atoms with Gasteiger partial charge >= 0.3 is 0 Å². The molecule has 0 bridgehead atoms. The number of hydrogen-bond donors (Lipinski definition) is 1. The van der Waals surface area contributed by atoms with Crippen molar-refractivity contribution in [3.8, 4) is 0 Å². The largest absolute Gasteiger partial charge is 0.329 e. The van der Waals surface area contributed by atoms with E-state index in [4.69, 9.17) is 5.73 Å². The lowest BCUT2D eigenvalue weighted by Gasteiger charge is -2.39. The second kappa shape index (κ2) is 6.44. The molecule has 2 N–H and O–H groups in total. The van der Waals surface area contributed by atoms with Crippen LogP contribution in [-0.2, 0) is 5.92 Å². The summed E-state index contributed by atoms with van der Waals surface area (Å²) < 4.78 is 28.6. The highest BCUT2D eigenvalue weighted by atomic mass is 19.3. The molecule has 4 heteroatoms. The summed E-state index contributed by atoms with van der Waals surface area (Å²) in [4.78, 5) is 1.78. The predicted molar refractivity (Wildman–Crippen MR) is 75.3 cm³/mol. The van der Waals surface area contributed by atoms with Crippen LogP contribution in [0.5, 0.6) is 0 Å². The Morgan fingerprint density at radius 1 is 1.16 bits per heavy atom. The maximum Gasteiger partial charge on any atom is 0.285 e. The molecule has 1 aromatic carbocycles. The van der Waals surface area contributed by atoms with E-state index in [1.54, 1.807) is 23.1 Å². The number of hydrogen-bond acceptors (Lipinski definition) is 2. The smallest absolute Gasteiger partial charge is 0.285 e. The number of benzene rings is 1. The fraction of sp³-hybridized carbons (Fsp3) is 0.600. The van der Waals surface area contributed by atoms with E-state index in [0.29, 0.717) is 13.1 Å². The number of alkyl halides is 2. The van der Waals surface area contributed by atoms with E-state index in [-0.39, 0.29) is 12.1 Å². The van der Waals surface area contributed by atoms with Crippen LogP contribution in [0.2, 0.25) is 0 Å². The molecule has 0 amide bonds. The lowest BCUT2D eigenvalue weighted by Crippen LogP contribution is -2.53. The van der Waals surface area contributed by atoms with Gasteiger partial charge < -0.3 is 5.73 Å². The third-order valence-corrected chi connectivity index (χ3v) is 3.43. The molecule has 0 aliphatic rings. The van der Waals surface area contributed by atoms with E-state index in [0.717, 1.165) is 6.42 Å². The quantitative estimate of drug-likeness (QED) is 0.824. The van der Waals surface area contributed by atoms with Crippen LogP contribution < -0.4 is 5.73 Å². The molecule has 108 valence electrons. The fourth-order valence-electron chi connectivity index (χ4n) is 2.01. The van der Waals surface area contributed by atoms with Gasteiger partial charge in [-0.15, -0.1) is 0 Å². The van der Waals surface area contributed by atoms with Crippen molar-refractivity contribution in [1.82, 2.24) is 4.90 Å². The molecule has 0 aliphatic heterocycles. The third-order valence-electron chi connectivity index (χ3n) is 3.43. The Bertz CT molecular complexity index is 377. The second-order valence-electron chi connectivity index (χ2n) is 5.51. The van der Waals surface area contributed by atoms with Crippen LogP contribution in [0, 0.1) is 0 Å². The van der Waals surface area contributed by atoms with E-state index in [1.165, 1.54) is 12.1 Å². The Kier molecular flexibility index (Phi) is 5.44. The van der Waals surface area contributed by atoms with Gasteiger partial charge in [0, 0.05) is 17.6 Å². The summed E-state index contributed by atoms with van der Waals surface area (Å²) in [6.07, 6.45) is 0.828. The van der Waals surface area contributed by atoms with E-state index < -0.39 is 11.5 Å². The first-order valence-electron chi connectivity index (χ1n) is 6.72. The number of rotatable bonds is 7. The van der Waals surface area contributed by atoms with Gasteiger partial charge in [0.2, 0.25) is 0 Å². The van der Waals surface area contributed by atoms with Crippen molar-refractivity contribution in [3.05, 3.63) is 35.9 Å². The lowest BCUT2D eigenvalue weighted by atomic mass is 10.00. The van der Waals surface area contributed by atoms with Crippen molar-refractivity contribution in [3.63, 3.8) is 0 Å². The summed E-state index contributed by atoms with van der Waals surface area (Å²) in [6.45, 7) is 6.48. The highest BCUT2D eigenvalue weighted by Gasteiger charge is 2.37. The summed E-state index contributed by atoms with van der Waals surface area (Å²) >= 11 is 0. The standard InChI is InChI=1S/C15H24F2N2/c1-4-10-19(14(2,3)11-18)12-15(16,17)13-8-6-5-7-9-13/h5-9H,4,10-12,18H2,1-3H3. The zero-order valence-electron chi connectivity index (χ0n) is 12.0. The van der Waals surface area contributed by atoms with Crippen LogP contribution in [0.1, 0.15) is 32.8 Å². The Morgan fingerprint density at radius 2 is 1.74 bits per heavy atom. The van der Waals surface area contributed by atoms with Gasteiger partial charge in [-0.2, -0.15) is 8.78 Å². The van der Waals surface area contributed by atoms with E-state index in [9.17, 15) is 8.78 Å². The van der Waals surface area contributed by atoms with E-state index in [1.807, 2.05) is 20.8 Å². The fourth-order valence-corrected chi connectivity index (χ4v) is 2.01. The van der Waals surface area contributed by atoms with Crippen molar-refractivity contribution < 1.29 is 8.78 Å². The summed E-state index contributed by atoms with van der Waals surface area (Å²) in [6, 6.07) is 7.97. The Hall–Kier alpha value is -1.00. The zero-order chi connectivity index (χ0) is 14.5. The van der Waals surface area contributed by atoms with E-state index in [2.05, 4.69) is 0 Å². The van der Waals surface area contributed by atoms with Crippen molar-refractivity contribution >= 4 is 0 Å². The maximum atomic E-state index is 14.3. The zero-order valence-corrected chi connectivity index (χ0v) is 12.0. The summed E-state index contributed by atoms with van der Waals surface area (Å²) in [7, 11) is 0. The van der Waals surface area contributed by atoms with Crippen LogP contribution in [-0.4, -0.2) is 30.1 Å². The molecule has 0 radical (unpaired) electrons. The molecule has 1 aromatic rings. The van der Waals surface area contributed by atoms with Crippen molar-refractivity contribution in [2.45, 2.75) is 38.7 Å². The van der Waals surface area contributed by atoms with Gasteiger partial charge in [-0.3, -0.25) is 4.90 Å².